The highest BCUT2D eigenvalue weighted by molar-refractivity contribution is 7.20. The lowest BCUT2D eigenvalue weighted by Gasteiger charge is -2.14. The van der Waals surface area contributed by atoms with Crippen molar-refractivity contribution in [2.24, 2.45) is 0 Å². The normalized spacial score (nSPS) is 11.2. The van der Waals surface area contributed by atoms with Crippen molar-refractivity contribution < 1.29 is 9.18 Å². The van der Waals surface area contributed by atoms with Crippen LogP contribution in [0.15, 0.2) is 47.8 Å². The van der Waals surface area contributed by atoms with Gasteiger partial charge in [0.1, 0.15) is 10.6 Å². The molecule has 0 aliphatic heterocycles. The maximum absolute atomic E-state index is 13.2. The van der Waals surface area contributed by atoms with Crippen LogP contribution in [0.1, 0.15) is 20.2 Å². The van der Waals surface area contributed by atoms with Crippen LogP contribution in [0, 0.1) is 12.7 Å². The number of aromatic nitrogens is 2. The van der Waals surface area contributed by atoms with E-state index in [4.69, 9.17) is 0 Å². The van der Waals surface area contributed by atoms with Gasteiger partial charge in [-0.2, -0.15) is 5.10 Å². The molecule has 0 spiro atoms. The number of carbonyl (C=O) groups excluding carboxylic acids is 1. The van der Waals surface area contributed by atoms with Gasteiger partial charge in [0.15, 0.2) is 0 Å². The topological polar surface area (TPSA) is 38.1 Å². The van der Waals surface area contributed by atoms with E-state index in [2.05, 4.69) is 5.10 Å². The molecule has 0 N–H and O–H groups in total. The van der Waals surface area contributed by atoms with Crippen LogP contribution in [0.5, 0.6) is 0 Å². The summed E-state index contributed by atoms with van der Waals surface area (Å²) in [6.45, 7) is 2.51. The van der Waals surface area contributed by atoms with Gasteiger partial charge in [0.2, 0.25) is 0 Å². The Morgan fingerprint density at radius 1 is 1.27 bits per heavy atom. The number of halogens is 1. The van der Waals surface area contributed by atoms with Gasteiger partial charge in [-0.05, 0) is 48.7 Å². The first-order valence-corrected chi connectivity index (χ1v) is 9.75. The van der Waals surface area contributed by atoms with Crippen molar-refractivity contribution >= 4 is 38.8 Å². The molecule has 0 bridgehead atoms. The van der Waals surface area contributed by atoms with Crippen LogP contribution in [-0.2, 0) is 6.54 Å². The van der Waals surface area contributed by atoms with Gasteiger partial charge in [-0.25, -0.2) is 9.07 Å². The van der Waals surface area contributed by atoms with Gasteiger partial charge in [-0.15, -0.1) is 22.7 Å². The van der Waals surface area contributed by atoms with Gasteiger partial charge < -0.3 is 4.90 Å². The van der Waals surface area contributed by atoms with E-state index >= 15 is 0 Å². The fraction of sp³-hybridized carbons (Fsp3) is 0.158. The Labute approximate surface area is 158 Å². The second-order valence-corrected chi connectivity index (χ2v) is 8.11. The molecule has 1 aromatic carbocycles. The highest BCUT2D eigenvalue weighted by Crippen LogP contribution is 2.31. The first kappa shape index (κ1) is 16.9. The molecule has 3 aromatic heterocycles. The summed E-state index contributed by atoms with van der Waals surface area (Å²) in [7, 11) is 1.81. The van der Waals surface area contributed by atoms with Crippen molar-refractivity contribution in [2.75, 3.05) is 7.05 Å². The fourth-order valence-electron chi connectivity index (χ4n) is 2.81. The van der Waals surface area contributed by atoms with Gasteiger partial charge >= 0.3 is 0 Å². The number of nitrogens with zero attached hydrogens (tertiary/aromatic N) is 3. The SMILES string of the molecule is Cc1nn(-c2ccc(F)cc2)c2sc(C(=O)N(C)Cc3cccs3)cc12. The molecule has 4 aromatic rings. The summed E-state index contributed by atoms with van der Waals surface area (Å²) in [5.74, 6) is -0.296. The predicted molar refractivity (Wildman–Crippen MR) is 104 cm³/mol. The minimum absolute atomic E-state index is 0.00958. The van der Waals surface area contributed by atoms with Gasteiger partial charge in [-0.3, -0.25) is 4.79 Å². The molecule has 3 heterocycles. The van der Waals surface area contributed by atoms with Crippen LogP contribution in [-0.4, -0.2) is 27.6 Å². The molecule has 26 heavy (non-hydrogen) atoms. The lowest BCUT2D eigenvalue weighted by Crippen LogP contribution is -2.24. The molecule has 0 radical (unpaired) electrons. The molecule has 0 aliphatic carbocycles. The number of hydrogen-bond donors (Lipinski definition) is 0. The minimum Gasteiger partial charge on any atom is -0.336 e. The zero-order valence-electron chi connectivity index (χ0n) is 14.3. The maximum atomic E-state index is 13.2. The monoisotopic (exact) mass is 385 g/mol. The molecule has 0 atom stereocenters. The van der Waals surface area contributed by atoms with E-state index in [1.165, 1.54) is 23.5 Å². The average molecular weight is 385 g/mol. The summed E-state index contributed by atoms with van der Waals surface area (Å²) >= 11 is 3.05. The molecular formula is C19H16FN3OS2. The summed E-state index contributed by atoms with van der Waals surface area (Å²) in [5, 5.41) is 7.50. The smallest absolute Gasteiger partial charge is 0.264 e. The van der Waals surface area contributed by atoms with Crippen molar-refractivity contribution in [3.63, 3.8) is 0 Å². The van der Waals surface area contributed by atoms with Crippen molar-refractivity contribution in [1.82, 2.24) is 14.7 Å². The Morgan fingerprint density at radius 3 is 2.73 bits per heavy atom. The zero-order valence-corrected chi connectivity index (χ0v) is 15.9. The van der Waals surface area contributed by atoms with Crippen LogP contribution < -0.4 is 0 Å². The number of fused-ring (bicyclic) bond motifs is 1. The van der Waals surface area contributed by atoms with E-state index in [1.807, 2.05) is 37.6 Å². The lowest BCUT2D eigenvalue weighted by atomic mass is 10.3. The fourth-order valence-corrected chi connectivity index (χ4v) is 4.74. The Balaban J connectivity index is 1.68. The van der Waals surface area contributed by atoms with E-state index in [1.54, 1.807) is 33.1 Å². The molecule has 1 amide bonds. The minimum atomic E-state index is -0.286. The molecule has 4 rings (SSSR count). The second kappa shape index (κ2) is 6.66. The number of rotatable bonds is 4. The number of benzene rings is 1. The third kappa shape index (κ3) is 3.04. The predicted octanol–water partition coefficient (Wildman–Crippen LogP) is 4.87. The van der Waals surface area contributed by atoms with Crippen LogP contribution in [0.2, 0.25) is 0 Å². The summed E-state index contributed by atoms with van der Waals surface area (Å²) < 4.78 is 15.0. The quantitative estimate of drug-likeness (QED) is 0.503. The maximum Gasteiger partial charge on any atom is 0.264 e. The first-order chi connectivity index (χ1) is 12.5. The summed E-state index contributed by atoms with van der Waals surface area (Å²) in [6, 6.07) is 12.1. The van der Waals surface area contributed by atoms with Crippen molar-refractivity contribution in [3.05, 3.63) is 69.1 Å². The number of amides is 1. The molecule has 0 unspecified atom stereocenters. The van der Waals surface area contributed by atoms with Gasteiger partial charge in [0.05, 0.1) is 22.8 Å². The Kier molecular flexibility index (Phi) is 4.34. The summed E-state index contributed by atoms with van der Waals surface area (Å²) in [4.78, 5) is 17.2. The highest BCUT2D eigenvalue weighted by Gasteiger charge is 2.20. The van der Waals surface area contributed by atoms with E-state index in [-0.39, 0.29) is 11.7 Å². The summed E-state index contributed by atoms with van der Waals surface area (Å²) in [5.41, 5.74) is 1.62. The van der Waals surface area contributed by atoms with E-state index in [0.717, 1.165) is 26.5 Å². The Hall–Kier alpha value is -2.51. The van der Waals surface area contributed by atoms with E-state index < -0.39 is 0 Å². The Morgan fingerprint density at radius 2 is 2.04 bits per heavy atom. The number of thiophene rings is 2. The van der Waals surface area contributed by atoms with Crippen molar-refractivity contribution in [3.8, 4) is 5.69 Å². The second-order valence-electron chi connectivity index (χ2n) is 6.04. The molecule has 132 valence electrons. The summed E-state index contributed by atoms with van der Waals surface area (Å²) in [6.07, 6.45) is 0. The van der Waals surface area contributed by atoms with Crippen LogP contribution in [0.4, 0.5) is 4.39 Å². The van der Waals surface area contributed by atoms with Crippen molar-refractivity contribution in [1.29, 1.82) is 0 Å². The molecule has 0 aliphatic rings. The molecule has 7 heteroatoms. The molecule has 0 fully saturated rings. The van der Waals surface area contributed by atoms with Gasteiger partial charge in [0, 0.05) is 17.3 Å². The third-order valence-corrected chi connectivity index (χ3v) is 6.11. The number of aryl methyl sites for hydroxylation is 1. The standard InChI is InChI=1S/C19H16FN3OS2/c1-12-16-10-17(18(24)22(2)11-15-4-3-9-25-15)26-19(16)23(21-12)14-7-5-13(20)6-8-14/h3-10H,11H2,1-2H3. The molecule has 0 saturated heterocycles. The average Bonchev–Trinajstić information content (AvgIpc) is 3.34. The molecule has 4 nitrogen and oxygen atoms in total. The third-order valence-electron chi connectivity index (χ3n) is 4.15. The largest absolute Gasteiger partial charge is 0.336 e. The van der Waals surface area contributed by atoms with Gasteiger partial charge in [0.25, 0.3) is 5.91 Å². The number of carbonyl (C=O) groups is 1. The van der Waals surface area contributed by atoms with E-state index in [0.29, 0.717) is 11.4 Å². The van der Waals surface area contributed by atoms with Crippen LogP contribution >= 0.6 is 22.7 Å². The van der Waals surface area contributed by atoms with E-state index in [9.17, 15) is 9.18 Å². The molecule has 0 saturated carbocycles. The van der Waals surface area contributed by atoms with Gasteiger partial charge in [-0.1, -0.05) is 6.07 Å². The lowest BCUT2D eigenvalue weighted by molar-refractivity contribution is 0.0791. The highest BCUT2D eigenvalue weighted by atomic mass is 32.1. The van der Waals surface area contributed by atoms with Crippen molar-refractivity contribution in [2.45, 2.75) is 13.5 Å². The Bertz CT molecular complexity index is 1060. The van der Waals surface area contributed by atoms with Crippen LogP contribution in [0.3, 0.4) is 0 Å². The first-order valence-electron chi connectivity index (χ1n) is 8.06. The van der Waals surface area contributed by atoms with Crippen LogP contribution in [0.25, 0.3) is 15.9 Å². The zero-order chi connectivity index (χ0) is 18.3. The number of hydrogen-bond acceptors (Lipinski definition) is 4. The molecular weight excluding hydrogens is 369 g/mol.